The molecule has 102 valence electrons. The molecule has 1 unspecified atom stereocenters. The molecule has 0 aliphatic carbocycles. The molecule has 1 rings (SSSR count). The van der Waals surface area contributed by atoms with Crippen molar-refractivity contribution in [2.24, 2.45) is 0 Å². The molecule has 7 heteroatoms. The molecule has 0 fully saturated rings. The summed E-state index contributed by atoms with van der Waals surface area (Å²) >= 11 is 0. The third-order valence-electron chi connectivity index (χ3n) is 2.32. The number of amides is 1. The second kappa shape index (κ2) is 6.95. The number of hydrogen-bond donors (Lipinski definition) is 3. The van der Waals surface area contributed by atoms with Gasteiger partial charge in [0.2, 0.25) is 11.8 Å². The molecule has 0 radical (unpaired) electrons. The zero-order valence-electron chi connectivity index (χ0n) is 11.3. The van der Waals surface area contributed by atoms with Crippen LogP contribution in [-0.4, -0.2) is 35.7 Å². The Bertz CT molecular complexity index is 377. The molecular weight excluding hydrogens is 234 g/mol. The summed E-state index contributed by atoms with van der Waals surface area (Å²) in [5.74, 6) is 0.521. The fourth-order valence-corrected chi connectivity index (χ4v) is 1.28. The van der Waals surface area contributed by atoms with Crippen LogP contribution in [0.3, 0.4) is 0 Å². The average molecular weight is 255 g/mol. The monoisotopic (exact) mass is 255 g/mol. The van der Waals surface area contributed by atoms with Crippen LogP contribution in [-0.2, 0) is 4.79 Å². The molecule has 1 heterocycles. The van der Waals surface area contributed by atoms with Crippen molar-refractivity contribution in [1.82, 2.24) is 20.8 Å². The molecular formula is C11H21N5O2. The molecule has 0 saturated carbocycles. The van der Waals surface area contributed by atoms with Crippen LogP contribution in [0.25, 0.3) is 0 Å². The summed E-state index contributed by atoms with van der Waals surface area (Å²) in [7, 11) is 1.82. The van der Waals surface area contributed by atoms with Crippen LogP contribution < -0.4 is 16.0 Å². The van der Waals surface area contributed by atoms with Gasteiger partial charge in [-0.2, -0.15) is 0 Å². The van der Waals surface area contributed by atoms with Crippen LogP contribution in [0.15, 0.2) is 4.42 Å². The minimum absolute atomic E-state index is 0.000770. The van der Waals surface area contributed by atoms with Crippen LogP contribution in [0.2, 0.25) is 0 Å². The molecule has 0 saturated heterocycles. The molecule has 1 atom stereocenters. The molecule has 0 spiro atoms. The Morgan fingerprint density at radius 2 is 2.06 bits per heavy atom. The van der Waals surface area contributed by atoms with E-state index in [0.717, 1.165) is 0 Å². The number of aromatic nitrogens is 2. The molecule has 0 aromatic carbocycles. The Balaban J connectivity index is 2.31. The van der Waals surface area contributed by atoms with E-state index >= 15 is 0 Å². The SMILES string of the molecule is CNC(C)c1nnc(NCCC(=O)NC(C)C)o1. The van der Waals surface area contributed by atoms with Gasteiger partial charge in [-0.15, -0.1) is 5.10 Å². The van der Waals surface area contributed by atoms with E-state index in [2.05, 4.69) is 26.1 Å². The first kappa shape index (κ1) is 14.4. The van der Waals surface area contributed by atoms with Crippen molar-refractivity contribution >= 4 is 11.9 Å². The van der Waals surface area contributed by atoms with E-state index in [9.17, 15) is 4.79 Å². The predicted molar refractivity (Wildman–Crippen MR) is 68.2 cm³/mol. The third-order valence-corrected chi connectivity index (χ3v) is 2.32. The zero-order valence-corrected chi connectivity index (χ0v) is 11.3. The Hall–Kier alpha value is -1.63. The molecule has 7 nitrogen and oxygen atoms in total. The number of anilines is 1. The van der Waals surface area contributed by atoms with Gasteiger partial charge in [-0.3, -0.25) is 4.79 Å². The first-order valence-corrected chi connectivity index (χ1v) is 6.06. The van der Waals surface area contributed by atoms with Crippen LogP contribution in [0.5, 0.6) is 0 Å². The van der Waals surface area contributed by atoms with E-state index in [1.54, 1.807) is 0 Å². The van der Waals surface area contributed by atoms with Gasteiger partial charge in [0, 0.05) is 19.0 Å². The van der Waals surface area contributed by atoms with Gasteiger partial charge in [0.15, 0.2) is 0 Å². The first-order chi connectivity index (χ1) is 8.52. The predicted octanol–water partition coefficient (Wildman–Crippen LogP) is 0.677. The van der Waals surface area contributed by atoms with Gasteiger partial charge in [-0.05, 0) is 27.8 Å². The van der Waals surface area contributed by atoms with Gasteiger partial charge >= 0.3 is 6.01 Å². The second-order valence-corrected chi connectivity index (χ2v) is 4.35. The van der Waals surface area contributed by atoms with Crippen LogP contribution in [0.4, 0.5) is 6.01 Å². The van der Waals surface area contributed by atoms with Crippen LogP contribution in [0.1, 0.15) is 39.1 Å². The van der Waals surface area contributed by atoms with Gasteiger partial charge in [-0.1, -0.05) is 5.10 Å². The zero-order chi connectivity index (χ0) is 13.5. The van der Waals surface area contributed by atoms with E-state index in [1.807, 2.05) is 27.8 Å². The summed E-state index contributed by atoms with van der Waals surface area (Å²) in [5, 5.41) is 16.5. The molecule has 1 aromatic heterocycles. The summed E-state index contributed by atoms with van der Waals surface area (Å²) in [4.78, 5) is 11.4. The Kier molecular flexibility index (Phi) is 5.57. The fourth-order valence-electron chi connectivity index (χ4n) is 1.28. The molecule has 1 aromatic rings. The average Bonchev–Trinajstić information content (AvgIpc) is 2.75. The van der Waals surface area contributed by atoms with Crippen LogP contribution >= 0.6 is 0 Å². The summed E-state index contributed by atoms with van der Waals surface area (Å²) in [6, 6.07) is 0.505. The maximum Gasteiger partial charge on any atom is 0.315 e. The lowest BCUT2D eigenvalue weighted by atomic mass is 10.3. The standard InChI is InChI=1S/C11H21N5O2/c1-7(2)14-9(17)5-6-13-11-16-15-10(18-11)8(3)12-4/h7-8,12H,5-6H2,1-4H3,(H,13,16)(H,14,17). The van der Waals surface area contributed by atoms with E-state index < -0.39 is 0 Å². The molecule has 18 heavy (non-hydrogen) atoms. The molecule has 0 aliphatic heterocycles. The minimum atomic E-state index is 0.000770. The lowest BCUT2D eigenvalue weighted by Crippen LogP contribution is -2.31. The molecule has 3 N–H and O–H groups in total. The maximum absolute atomic E-state index is 11.4. The third kappa shape index (κ3) is 4.70. The van der Waals surface area contributed by atoms with Crippen molar-refractivity contribution in [1.29, 1.82) is 0 Å². The summed E-state index contributed by atoms with van der Waals surface area (Å²) in [6.07, 6.45) is 0.372. The van der Waals surface area contributed by atoms with E-state index in [1.165, 1.54) is 0 Å². The molecule has 0 aliphatic rings. The van der Waals surface area contributed by atoms with Crippen molar-refractivity contribution in [3.05, 3.63) is 5.89 Å². The van der Waals surface area contributed by atoms with Gasteiger partial charge in [0.25, 0.3) is 0 Å². The summed E-state index contributed by atoms with van der Waals surface area (Å²) in [5.41, 5.74) is 0. The van der Waals surface area contributed by atoms with Crippen molar-refractivity contribution in [3.8, 4) is 0 Å². The summed E-state index contributed by atoms with van der Waals surface area (Å²) in [6.45, 7) is 6.24. The van der Waals surface area contributed by atoms with Gasteiger partial charge < -0.3 is 20.4 Å². The minimum Gasteiger partial charge on any atom is -0.406 e. The first-order valence-electron chi connectivity index (χ1n) is 6.06. The highest BCUT2D eigenvalue weighted by Gasteiger charge is 2.11. The Morgan fingerprint density at radius 1 is 1.33 bits per heavy atom. The van der Waals surface area contributed by atoms with Crippen molar-refractivity contribution in [2.75, 3.05) is 18.9 Å². The number of rotatable bonds is 7. The topological polar surface area (TPSA) is 92.1 Å². The van der Waals surface area contributed by atoms with Gasteiger partial charge in [-0.25, -0.2) is 0 Å². The Labute approximate surface area is 107 Å². The van der Waals surface area contributed by atoms with Gasteiger partial charge in [0.05, 0.1) is 6.04 Å². The number of hydrogen-bond acceptors (Lipinski definition) is 6. The highest BCUT2D eigenvalue weighted by Crippen LogP contribution is 2.12. The largest absolute Gasteiger partial charge is 0.406 e. The highest BCUT2D eigenvalue weighted by molar-refractivity contribution is 5.76. The van der Waals surface area contributed by atoms with Crippen molar-refractivity contribution in [2.45, 2.75) is 39.3 Å². The fraction of sp³-hybridized carbons (Fsp3) is 0.727. The molecule has 1 amide bonds. The van der Waals surface area contributed by atoms with E-state index in [-0.39, 0.29) is 18.0 Å². The lowest BCUT2D eigenvalue weighted by Gasteiger charge is -2.07. The maximum atomic E-state index is 11.4. The van der Waals surface area contributed by atoms with E-state index in [0.29, 0.717) is 24.9 Å². The lowest BCUT2D eigenvalue weighted by molar-refractivity contribution is -0.121. The number of nitrogens with one attached hydrogen (secondary N) is 3. The number of nitrogens with zero attached hydrogens (tertiary/aromatic N) is 2. The van der Waals surface area contributed by atoms with E-state index in [4.69, 9.17) is 4.42 Å². The van der Waals surface area contributed by atoms with Crippen molar-refractivity contribution < 1.29 is 9.21 Å². The number of carbonyl (C=O) groups is 1. The van der Waals surface area contributed by atoms with Gasteiger partial charge in [0.1, 0.15) is 0 Å². The number of carbonyl (C=O) groups excluding carboxylic acids is 1. The smallest absolute Gasteiger partial charge is 0.315 e. The van der Waals surface area contributed by atoms with Crippen LogP contribution in [0, 0.1) is 0 Å². The second-order valence-electron chi connectivity index (χ2n) is 4.35. The quantitative estimate of drug-likeness (QED) is 0.663. The molecule has 0 bridgehead atoms. The Morgan fingerprint density at radius 3 is 2.67 bits per heavy atom. The van der Waals surface area contributed by atoms with Crippen molar-refractivity contribution in [3.63, 3.8) is 0 Å². The summed E-state index contributed by atoms with van der Waals surface area (Å²) < 4.78 is 5.37. The highest BCUT2D eigenvalue weighted by atomic mass is 16.4. The normalized spacial score (nSPS) is 12.5.